The molecule has 2 aromatic heterocycles. The van der Waals surface area contributed by atoms with E-state index >= 15 is 0 Å². The van der Waals surface area contributed by atoms with Crippen molar-refractivity contribution in [3.05, 3.63) is 65.0 Å². The van der Waals surface area contributed by atoms with Crippen LogP contribution in [-0.2, 0) is 11.2 Å². The van der Waals surface area contributed by atoms with E-state index in [0.29, 0.717) is 12.0 Å². The molecule has 0 amide bonds. The van der Waals surface area contributed by atoms with E-state index in [9.17, 15) is 4.79 Å². The maximum atomic E-state index is 12.8. The van der Waals surface area contributed by atoms with Gasteiger partial charge in [-0.1, -0.05) is 0 Å². The van der Waals surface area contributed by atoms with Gasteiger partial charge >= 0.3 is 6.09 Å². The molecule has 4 aromatic rings. The fourth-order valence-electron chi connectivity index (χ4n) is 3.94. The van der Waals surface area contributed by atoms with Crippen LogP contribution >= 0.6 is 0 Å². The van der Waals surface area contributed by atoms with Gasteiger partial charge in [0.25, 0.3) is 0 Å². The highest BCUT2D eigenvalue weighted by molar-refractivity contribution is 5.95. The van der Waals surface area contributed by atoms with Gasteiger partial charge in [0.15, 0.2) is 0 Å². The minimum Gasteiger partial charge on any atom is -0.496 e. The number of nitriles is 1. The number of nitrogens with zero attached hydrogens (tertiary/aromatic N) is 2. The zero-order valence-corrected chi connectivity index (χ0v) is 18.4. The number of hydrogen-bond donors (Lipinski definition) is 1. The average molecular weight is 415 g/mol. The van der Waals surface area contributed by atoms with Gasteiger partial charge in [-0.15, -0.1) is 0 Å². The van der Waals surface area contributed by atoms with Gasteiger partial charge in [0, 0.05) is 40.2 Å². The Kier molecular flexibility index (Phi) is 4.98. The zero-order chi connectivity index (χ0) is 22.3. The molecular weight excluding hydrogens is 390 g/mol. The lowest BCUT2D eigenvalue weighted by atomic mass is 10.0. The van der Waals surface area contributed by atoms with Gasteiger partial charge in [-0.25, -0.2) is 4.79 Å². The summed E-state index contributed by atoms with van der Waals surface area (Å²) in [5.74, 6) is 0.767. The van der Waals surface area contributed by atoms with E-state index in [0.717, 1.165) is 44.4 Å². The Hall–Kier alpha value is -3.72. The Morgan fingerprint density at radius 3 is 2.65 bits per heavy atom. The summed E-state index contributed by atoms with van der Waals surface area (Å²) in [4.78, 5) is 16.2. The van der Waals surface area contributed by atoms with Crippen molar-refractivity contribution in [3.8, 4) is 11.8 Å². The van der Waals surface area contributed by atoms with Gasteiger partial charge < -0.3 is 14.5 Å². The lowest BCUT2D eigenvalue weighted by Crippen LogP contribution is -2.26. The molecule has 0 fully saturated rings. The maximum Gasteiger partial charge on any atom is 0.419 e. The highest BCUT2D eigenvalue weighted by Crippen LogP contribution is 2.34. The van der Waals surface area contributed by atoms with Gasteiger partial charge in [-0.2, -0.15) is 5.26 Å². The third-order valence-electron chi connectivity index (χ3n) is 5.21. The summed E-state index contributed by atoms with van der Waals surface area (Å²) in [7, 11) is 1.65. The minimum atomic E-state index is -0.580. The Balaban J connectivity index is 1.81. The summed E-state index contributed by atoms with van der Waals surface area (Å²) in [6, 6.07) is 13.7. The number of H-pyrrole nitrogens is 1. The summed E-state index contributed by atoms with van der Waals surface area (Å²) < 4.78 is 12.8. The van der Waals surface area contributed by atoms with Crippen LogP contribution in [0.4, 0.5) is 4.79 Å². The van der Waals surface area contributed by atoms with E-state index in [4.69, 9.17) is 14.7 Å². The molecule has 6 nitrogen and oxygen atoms in total. The molecule has 0 radical (unpaired) electrons. The largest absolute Gasteiger partial charge is 0.496 e. The SMILES string of the molecule is COc1cc(C)c2c(ccn2C(=O)OC(C)(C)C)c1Cc1cc2cc(C#N)ccc2[nH]1. The summed E-state index contributed by atoms with van der Waals surface area (Å²) in [6.45, 7) is 7.52. The molecule has 6 heteroatoms. The van der Waals surface area contributed by atoms with Gasteiger partial charge in [0.05, 0.1) is 24.3 Å². The molecule has 158 valence electrons. The van der Waals surface area contributed by atoms with Crippen LogP contribution in [0.3, 0.4) is 0 Å². The standard InChI is InChI=1S/C25H25N3O3/c1-15-10-22(30-5)20(13-18-12-17-11-16(14-26)6-7-21(17)27-18)19-8-9-28(23(15)19)24(29)31-25(2,3)4/h6-12,27H,13H2,1-5H3. The molecule has 0 saturated heterocycles. The van der Waals surface area contributed by atoms with Crippen LogP contribution in [0.2, 0.25) is 0 Å². The number of methoxy groups -OCH3 is 1. The second-order valence-corrected chi connectivity index (χ2v) is 8.69. The van der Waals surface area contributed by atoms with E-state index in [2.05, 4.69) is 11.1 Å². The number of nitrogens with one attached hydrogen (secondary N) is 1. The van der Waals surface area contributed by atoms with Crippen molar-refractivity contribution < 1.29 is 14.3 Å². The predicted molar refractivity (Wildman–Crippen MR) is 121 cm³/mol. The lowest BCUT2D eigenvalue weighted by molar-refractivity contribution is 0.0544. The third-order valence-corrected chi connectivity index (χ3v) is 5.21. The molecule has 31 heavy (non-hydrogen) atoms. The van der Waals surface area contributed by atoms with Crippen molar-refractivity contribution in [2.75, 3.05) is 7.11 Å². The quantitative estimate of drug-likeness (QED) is 0.466. The number of aromatic nitrogens is 2. The van der Waals surface area contributed by atoms with Crippen molar-refractivity contribution in [3.63, 3.8) is 0 Å². The van der Waals surface area contributed by atoms with E-state index in [1.54, 1.807) is 23.9 Å². The normalized spacial score (nSPS) is 11.6. The van der Waals surface area contributed by atoms with E-state index in [-0.39, 0.29) is 0 Å². The number of aromatic amines is 1. The molecule has 0 spiro atoms. The molecule has 0 unspecified atom stereocenters. The van der Waals surface area contributed by atoms with E-state index < -0.39 is 11.7 Å². The van der Waals surface area contributed by atoms with Gasteiger partial charge in [-0.3, -0.25) is 4.57 Å². The van der Waals surface area contributed by atoms with Crippen LogP contribution < -0.4 is 4.74 Å². The lowest BCUT2D eigenvalue weighted by Gasteiger charge is -2.20. The first-order valence-electron chi connectivity index (χ1n) is 10.1. The number of rotatable bonds is 3. The van der Waals surface area contributed by atoms with Crippen LogP contribution in [-0.4, -0.2) is 28.4 Å². The number of carbonyl (C=O) groups is 1. The molecule has 0 aliphatic heterocycles. The average Bonchev–Trinajstić information content (AvgIpc) is 3.32. The van der Waals surface area contributed by atoms with Crippen molar-refractivity contribution in [2.45, 2.75) is 39.7 Å². The fourth-order valence-corrected chi connectivity index (χ4v) is 3.94. The van der Waals surface area contributed by atoms with Crippen LogP contribution in [0.5, 0.6) is 5.75 Å². The molecule has 2 heterocycles. The highest BCUT2D eigenvalue weighted by Gasteiger charge is 2.22. The topological polar surface area (TPSA) is 80.0 Å². The summed E-state index contributed by atoms with van der Waals surface area (Å²) in [5, 5.41) is 11.1. The predicted octanol–water partition coefficient (Wildman–Crippen LogP) is 5.69. The van der Waals surface area contributed by atoms with Gasteiger partial charge in [-0.05, 0) is 69.7 Å². The van der Waals surface area contributed by atoms with E-state index in [1.165, 1.54) is 0 Å². The minimum absolute atomic E-state index is 0.406. The van der Waals surface area contributed by atoms with Crippen molar-refractivity contribution >= 4 is 27.9 Å². The molecule has 0 saturated carbocycles. The summed E-state index contributed by atoms with van der Waals surface area (Å²) in [5.41, 5.74) is 4.75. The van der Waals surface area contributed by atoms with Crippen LogP contribution in [0.15, 0.2) is 42.6 Å². The monoisotopic (exact) mass is 415 g/mol. The first kappa shape index (κ1) is 20.5. The van der Waals surface area contributed by atoms with Gasteiger partial charge in [0.2, 0.25) is 0 Å². The second kappa shape index (κ2) is 7.51. The third kappa shape index (κ3) is 3.87. The van der Waals surface area contributed by atoms with Crippen LogP contribution in [0.1, 0.15) is 43.2 Å². The van der Waals surface area contributed by atoms with Crippen LogP contribution in [0, 0.1) is 18.3 Å². The van der Waals surface area contributed by atoms with Crippen LogP contribution in [0.25, 0.3) is 21.8 Å². The van der Waals surface area contributed by atoms with Crippen molar-refractivity contribution in [1.82, 2.24) is 9.55 Å². The number of carbonyl (C=O) groups excluding carboxylic acids is 1. The Morgan fingerprint density at radius 2 is 1.97 bits per heavy atom. The molecule has 2 aromatic carbocycles. The molecule has 1 N–H and O–H groups in total. The number of benzene rings is 2. The molecular formula is C25H25N3O3. The Morgan fingerprint density at radius 1 is 1.19 bits per heavy atom. The summed E-state index contributed by atoms with van der Waals surface area (Å²) >= 11 is 0. The first-order chi connectivity index (χ1) is 14.7. The van der Waals surface area contributed by atoms with Crippen molar-refractivity contribution in [2.24, 2.45) is 0 Å². The number of fused-ring (bicyclic) bond motifs is 2. The Bertz CT molecular complexity index is 1350. The first-order valence-corrected chi connectivity index (χ1v) is 10.1. The van der Waals surface area contributed by atoms with E-state index in [1.807, 2.05) is 58.0 Å². The Labute approximate surface area is 181 Å². The fraction of sp³-hybridized carbons (Fsp3) is 0.280. The second-order valence-electron chi connectivity index (χ2n) is 8.69. The summed E-state index contributed by atoms with van der Waals surface area (Å²) in [6.07, 6.45) is 1.94. The highest BCUT2D eigenvalue weighted by atomic mass is 16.6. The van der Waals surface area contributed by atoms with Gasteiger partial charge in [0.1, 0.15) is 11.4 Å². The molecule has 4 rings (SSSR count). The molecule has 0 aliphatic carbocycles. The smallest absolute Gasteiger partial charge is 0.419 e. The van der Waals surface area contributed by atoms with Crippen molar-refractivity contribution in [1.29, 1.82) is 5.26 Å². The number of ether oxygens (including phenoxy) is 2. The maximum absolute atomic E-state index is 12.8. The molecule has 0 bridgehead atoms. The number of hydrogen-bond acceptors (Lipinski definition) is 4. The molecule has 0 atom stereocenters. The zero-order valence-electron chi connectivity index (χ0n) is 18.4. The number of aryl methyl sites for hydroxylation is 1. The molecule has 0 aliphatic rings.